The summed E-state index contributed by atoms with van der Waals surface area (Å²) in [5.74, 6) is 0.927. The summed E-state index contributed by atoms with van der Waals surface area (Å²) in [4.78, 5) is 12.5. The van der Waals surface area contributed by atoms with Crippen LogP contribution in [0.15, 0.2) is 16.0 Å². The van der Waals surface area contributed by atoms with Gasteiger partial charge in [-0.1, -0.05) is 0 Å². The summed E-state index contributed by atoms with van der Waals surface area (Å²) in [7, 11) is 0. The SMILES string of the molecule is Cc1nc(CNc2nc(N)cc(Br)n2)cs1. The molecule has 2 aromatic rings. The van der Waals surface area contributed by atoms with Gasteiger partial charge in [-0.3, -0.25) is 0 Å². The summed E-state index contributed by atoms with van der Waals surface area (Å²) in [6.45, 7) is 2.57. The number of hydrogen-bond acceptors (Lipinski definition) is 6. The maximum Gasteiger partial charge on any atom is 0.226 e. The number of aryl methyl sites for hydroxylation is 1. The first-order valence-corrected chi connectivity index (χ1v) is 6.25. The minimum atomic E-state index is 0.429. The van der Waals surface area contributed by atoms with Crippen LogP contribution in [0.1, 0.15) is 10.7 Å². The normalized spacial score (nSPS) is 10.4. The molecule has 0 spiro atoms. The lowest BCUT2D eigenvalue weighted by molar-refractivity contribution is 1.00. The first kappa shape index (κ1) is 11.3. The van der Waals surface area contributed by atoms with E-state index < -0.39 is 0 Å². The van der Waals surface area contributed by atoms with Crippen LogP contribution in [0.4, 0.5) is 11.8 Å². The van der Waals surface area contributed by atoms with E-state index in [9.17, 15) is 0 Å². The zero-order chi connectivity index (χ0) is 11.5. The number of nitrogen functional groups attached to an aromatic ring is 1. The maximum absolute atomic E-state index is 5.60. The molecule has 0 saturated carbocycles. The van der Waals surface area contributed by atoms with E-state index in [1.807, 2.05) is 12.3 Å². The van der Waals surface area contributed by atoms with Gasteiger partial charge in [0.2, 0.25) is 5.95 Å². The molecular formula is C9H10BrN5S. The van der Waals surface area contributed by atoms with E-state index >= 15 is 0 Å². The number of hydrogen-bond donors (Lipinski definition) is 2. The molecule has 5 nitrogen and oxygen atoms in total. The summed E-state index contributed by atoms with van der Waals surface area (Å²) >= 11 is 4.88. The van der Waals surface area contributed by atoms with Gasteiger partial charge >= 0.3 is 0 Å². The second-order valence-corrected chi connectivity index (χ2v) is 5.03. The van der Waals surface area contributed by atoms with Crippen LogP contribution >= 0.6 is 27.3 Å². The first-order valence-electron chi connectivity index (χ1n) is 4.58. The highest BCUT2D eigenvalue weighted by atomic mass is 79.9. The summed E-state index contributed by atoms with van der Waals surface area (Å²) < 4.78 is 0.664. The van der Waals surface area contributed by atoms with Gasteiger partial charge in [0.1, 0.15) is 10.4 Å². The number of nitrogens with one attached hydrogen (secondary N) is 1. The third-order valence-electron chi connectivity index (χ3n) is 1.81. The van der Waals surface area contributed by atoms with Crippen molar-refractivity contribution in [3.8, 4) is 0 Å². The van der Waals surface area contributed by atoms with Crippen molar-refractivity contribution in [3.63, 3.8) is 0 Å². The van der Waals surface area contributed by atoms with Crippen LogP contribution in [-0.2, 0) is 6.54 Å². The lowest BCUT2D eigenvalue weighted by atomic mass is 10.5. The van der Waals surface area contributed by atoms with Crippen molar-refractivity contribution in [1.29, 1.82) is 0 Å². The van der Waals surface area contributed by atoms with Crippen LogP contribution in [-0.4, -0.2) is 15.0 Å². The van der Waals surface area contributed by atoms with Gasteiger partial charge in [-0.15, -0.1) is 11.3 Å². The van der Waals surface area contributed by atoms with Crippen LogP contribution < -0.4 is 11.1 Å². The quantitative estimate of drug-likeness (QED) is 0.850. The van der Waals surface area contributed by atoms with E-state index in [1.54, 1.807) is 17.4 Å². The van der Waals surface area contributed by atoms with Crippen molar-refractivity contribution in [2.24, 2.45) is 0 Å². The predicted octanol–water partition coefficient (Wildman–Crippen LogP) is 2.20. The largest absolute Gasteiger partial charge is 0.383 e. The van der Waals surface area contributed by atoms with Gasteiger partial charge in [0.15, 0.2) is 0 Å². The van der Waals surface area contributed by atoms with Gasteiger partial charge in [0.05, 0.1) is 17.2 Å². The van der Waals surface area contributed by atoms with E-state index in [0.29, 0.717) is 22.9 Å². The van der Waals surface area contributed by atoms with Crippen molar-refractivity contribution in [1.82, 2.24) is 15.0 Å². The van der Waals surface area contributed by atoms with Crippen LogP contribution in [0.2, 0.25) is 0 Å². The Morgan fingerprint density at radius 1 is 1.44 bits per heavy atom. The molecular weight excluding hydrogens is 290 g/mol. The van der Waals surface area contributed by atoms with Gasteiger partial charge < -0.3 is 11.1 Å². The number of anilines is 2. The summed E-state index contributed by atoms with van der Waals surface area (Å²) in [6.07, 6.45) is 0. The molecule has 0 amide bonds. The van der Waals surface area contributed by atoms with Crippen molar-refractivity contribution in [2.75, 3.05) is 11.1 Å². The summed E-state index contributed by atoms with van der Waals surface area (Å²) in [6, 6.07) is 1.65. The smallest absolute Gasteiger partial charge is 0.226 e. The van der Waals surface area contributed by atoms with Gasteiger partial charge in [-0.2, -0.15) is 4.98 Å². The predicted molar refractivity (Wildman–Crippen MR) is 68.3 cm³/mol. The van der Waals surface area contributed by atoms with Gasteiger partial charge in [0.25, 0.3) is 0 Å². The molecule has 0 saturated heterocycles. The Hall–Kier alpha value is -1.21. The van der Waals surface area contributed by atoms with E-state index in [0.717, 1.165) is 10.7 Å². The molecule has 0 radical (unpaired) electrons. The second kappa shape index (κ2) is 4.75. The average molecular weight is 300 g/mol. The Morgan fingerprint density at radius 3 is 2.88 bits per heavy atom. The molecule has 0 bridgehead atoms. The van der Waals surface area contributed by atoms with E-state index in [-0.39, 0.29) is 0 Å². The second-order valence-electron chi connectivity index (χ2n) is 3.15. The summed E-state index contributed by atoms with van der Waals surface area (Å²) in [5.41, 5.74) is 6.57. The number of aromatic nitrogens is 3. The minimum Gasteiger partial charge on any atom is -0.383 e. The maximum atomic E-state index is 5.60. The highest BCUT2D eigenvalue weighted by Crippen LogP contribution is 2.14. The molecule has 2 aromatic heterocycles. The molecule has 16 heavy (non-hydrogen) atoms. The minimum absolute atomic E-state index is 0.429. The highest BCUT2D eigenvalue weighted by molar-refractivity contribution is 9.10. The Bertz CT molecular complexity index is 478. The Balaban J connectivity index is 2.04. The number of thiazole rings is 1. The van der Waals surface area contributed by atoms with Gasteiger partial charge in [0, 0.05) is 11.4 Å². The Morgan fingerprint density at radius 2 is 2.25 bits per heavy atom. The molecule has 0 unspecified atom stereocenters. The van der Waals surface area contributed by atoms with Gasteiger partial charge in [-0.25, -0.2) is 9.97 Å². The molecule has 0 aliphatic heterocycles. The fourth-order valence-electron chi connectivity index (χ4n) is 1.17. The molecule has 0 aliphatic carbocycles. The zero-order valence-electron chi connectivity index (χ0n) is 8.57. The molecule has 2 heterocycles. The van der Waals surface area contributed by atoms with E-state index in [2.05, 4.69) is 36.2 Å². The Kier molecular flexibility index (Phi) is 3.35. The number of nitrogens with two attached hydrogens (primary N) is 1. The van der Waals surface area contributed by atoms with E-state index in [1.165, 1.54) is 0 Å². The molecule has 0 aromatic carbocycles. The Labute approximate surface area is 105 Å². The van der Waals surface area contributed by atoms with Crippen LogP contribution in [0, 0.1) is 6.92 Å². The number of nitrogens with zero attached hydrogens (tertiary/aromatic N) is 3. The first-order chi connectivity index (χ1) is 7.63. The van der Waals surface area contributed by atoms with Crippen molar-refractivity contribution >= 4 is 39.0 Å². The molecule has 0 aliphatic rings. The fraction of sp³-hybridized carbons (Fsp3) is 0.222. The fourth-order valence-corrected chi connectivity index (χ4v) is 2.19. The van der Waals surface area contributed by atoms with Crippen LogP contribution in [0.5, 0.6) is 0 Å². The number of halogens is 1. The standard InChI is InChI=1S/C9H10BrN5S/c1-5-13-6(4-16-5)3-12-9-14-7(10)2-8(11)15-9/h2,4H,3H2,1H3,(H3,11,12,14,15). The third kappa shape index (κ3) is 2.89. The van der Waals surface area contributed by atoms with Crippen molar-refractivity contribution in [2.45, 2.75) is 13.5 Å². The average Bonchev–Trinajstić information content (AvgIpc) is 2.60. The van der Waals surface area contributed by atoms with Gasteiger partial charge in [-0.05, 0) is 22.9 Å². The zero-order valence-corrected chi connectivity index (χ0v) is 11.0. The molecule has 84 valence electrons. The molecule has 2 rings (SSSR count). The number of rotatable bonds is 3. The molecule has 3 N–H and O–H groups in total. The van der Waals surface area contributed by atoms with Crippen molar-refractivity contribution < 1.29 is 0 Å². The summed E-state index contributed by atoms with van der Waals surface area (Å²) in [5, 5.41) is 6.12. The topological polar surface area (TPSA) is 76.7 Å². The lowest BCUT2D eigenvalue weighted by Crippen LogP contribution is -2.05. The van der Waals surface area contributed by atoms with Crippen LogP contribution in [0.25, 0.3) is 0 Å². The van der Waals surface area contributed by atoms with E-state index in [4.69, 9.17) is 5.73 Å². The molecule has 0 fully saturated rings. The molecule has 0 atom stereocenters. The monoisotopic (exact) mass is 299 g/mol. The highest BCUT2D eigenvalue weighted by Gasteiger charge is 2.02. The van der Waals surface area contributed by atoms with Crippen molar-refractivity contribution in [3.05, 3.63) is 26.8 Å². The third-order valence-corrected chi connectivity index (χ3v) is 3.04. The lowest BCUT2D eigenvalue weighted by Gasteiger charge is -2.03. The molecule has 7 heteroatoms. The van der Waals surface area contributed by atoms with Crippen LogP contribution in [0.3, 0.4) is 0 Å².